The SMILES string of the molecule is CCCCC(C(=O)OC(C)(C)CN)N1C(=O)NC(=O)C1Cc1c[nH]c2ccccc12. The number of carbonyl (C=O) groups excluding carboxylic acids is 3. The molecule has 0 spiro atoms. The molecule has 1 saturated heterocycles. The quantitative estimate of drug-likeness (QED) is 0.430. The summed E-state index contributed by atoms with van der Waals surface area (Å²) in [7, 11) is 0. The molecule has 1 aliphatic heterocycles. The van der Waals surface area contributed by atoms with Crippen LogP contribution in [0.2, 0.25) is 0 Å². The van der Waals surface area contributed by atoms with E-state index < -0.39 is 35.6 Å². The van der Waals surface area contributed by atoms with Gasteiger partial charge in [0.1, 0.15) is 17.7 Å². The van der Waals surface area contributed by atoms with Crippen molar-refractivity contribution in [2.24, 2.45) is 5.73 Å². The molecule has 0 bridgehead atoms. The number of benzene rings is 1. The first-order valence-corrected chi connectivity index (χ1v) is 10.4. The number of imide groups is 1. The number of nitrogens with one attached hydrogen (secondary N) is 2. The number of para-hydroxylation sites is 1. The van der Waals surface area contributed by atoms with Crippen LogP contribution < -0.4 is 11.1 Å². The van der Waals surface area contributed by atoms with Crippen molar-refractivity contribution < 1.29 is 19.1 Å². The molecular weight excluding hydrogens is 384 g/mol. The first kappa shape index (κ1) is 21.8. The maximum Gasteiger partial charge on any atom is 0.329 e. The van der Waals surface area contributed by atoms with E-state index in [4.69, 9.17) is 10.5 Å². The zero-order valence-electron chi connectivity index (χ0n) is 17.7. The van der Waals surface area contributed by atoms with Crippen molar-refractivity contribution in [3.05, 3.63) is 36.0 Å². The average Bonchev–Trinajstić information content (AvgIpc) is 3.23. The van der Waals surface area contributed by atoms with E-state index in [9.17, 15) is 14.4 Å². The lowest BCUT2D eigenvalue weighted by molar-refractivity contribution is -0.161. The van der Waals surface area contributed by atoms with Crippen LogP contribution in [-0.2, 0) is 20.7 Å². The van der Waals surface area contributed by atoms with Crippen LogP contribution in [-0.4, -0.2) is 52.0 Å². The van der Waals surface area contributed by atoms with Crippen LogP contribution in [0.1, 0.15) is 45.6 Å². The van der Waals surface area contributed by atoms with Crippen molar-refractivity contribution in [1.29, 1.82) is 0 Å². The maximum absolute atomic E-state index is 13.0. The van der Waals surface area contributed by atoms with Crippen molar-refractivity contribution in [3.8, 4) is 0 Å². The van der Waals surface area contributed by atoms with Gasteiger partial charge in [-0.15, -0.1) is 0 Å². The van der Waals surface area contributed by atoms with Crippen LogP contribution in [0.15, 0.2) is 30.5 Å². The molecule has 2 heterocycles. The van der Waals surface area contributed by atoms with Gasteiger partial charge in [-0.25, -0.2) is 9.59 Å². The molecule has 3 rings (SSSR count). The summed E-state index contributed by atoms with van der Waals surface area (Å²) in [5.74, 6) is -0.939. The van der Waals surface area contributed by atoms with Crippen molar-refractivity contribution in [2.45, 2.75) is 64.1 Å². The number of unbranched alkanes of at least 4 members (excludes halogenated alkanes) is 1. The predicted molar refractivity (Wildman–Crippen MR) is 114 cm³/mol. The monoisotopic (exact) mass is 414 g/mol. The van der Waals surface area contributed by atoms with E-state index in [1.165, 1.54) is 4.90 Å². The molecule has 0 aliphatic carbocycles. The van der Waals surface area contributed by atoms with Crippen molar-refractivity contribution in [2.75, 3.05) is 6.54 Å². The minimum absolute atomic E-state index is 0.156. The molecule has 162 valence electrons. The van der Waals surface area contributed by atoms with Gasteiger partial charge >= 0.3 is 12.0 Å². The second-order valence-electron chi connectivity index (χ2n) is 8.32. The van der Waals surface area contributed by atoms with Crippen LogP contribution >= 0.6 is 0 Å². The van der Waals surface area contributed by atoms with Gasteiger partial charge < -0.3 is 15.5 Å². The highest BCUT2D eigenvalue weighted by atomic mass is 16.6. The number of esters is 1. The smallest absolute Gasteiger partial charge is 0.329 e. The Balaban J connectivity index is 1.90. The molecule has 1 aromatic carbocycles. The minimum atomic E-state index is -0.853. The van der Waals surface area contributed by atoms with Crippen LogP contribution in [0.3, 0.4) is 0 Å². The summed E-state index contributed by atoms with van der Waals surface area (Å²) >= 11 is 0. The zero-order chi connectivity index (χ0) is 21.9. The van der Waals surface area contributed by atoms with E-state index in [0.717, 1.165) is 29.3 Å². The Morgan fingerprint density at radius 3 is 2.73 bits per heavy atom. The van der Waals surface area contributed by atoms with E-state index in [-0.39, 0.29) is 6.54 Å². The molecule has 0 saturated carbocycles. The number of fused-ring (bicyclic) bond motifs is 1. The molecule has 1 fully saturated rings. The third-order valence-corrected chi connectivity index (χ3v) is 5.50. The van der Waals surface area contributed by atoms with Crippen LogP contribution in [0.5, 0.6) is 0 Å². The van der Waals surface area contributed by atoms with Gasteiger partial charge in [-0.1, -0.05) is 38.0 Å². The largest absolute Gasteiger partial charge is 0.457 e. The Bertz CT molecular complexity index is 936. The Kier molecular flexibility index (Phi) is 6.45. The van der Waals surface area contributed by atoms with Crippen molar-refractivity contribution >= 4 is 28.8 Å². The first-order valence-electron chi connectivity index (χ1n) is 10.4. The fourth-order valence-corrected chi connectivity index (χ4v) is 3.73. The normalized spacial score (nSPS) is 18.0. The highest BCUT2D eigenvalue weighted by molar-refractivity contribution is 6.06. The maximum atomic E-state index is 13.0. The van der Waals surface area contributed by atoms with E-state index in [1.807, 2.05) is 37.4 Å². The van der Waals surface area contributed by atoms with Gasteiger partial charge in [-0.05, 0) is 31.9 Å². The molecule has 8 nitrogen and oxygen atoms in total. The van der Waals surface area contributed by atoms with Crippen LogP contribution in [0.4, 0.5) is 4.79 Å². The molecule has 2 unspecified atom stereocenters. The number of aromatic nitrogens is 1. The lowest BCUT2D eigenvalue weighted by atomic mass is 10.0. The third-order valence-electron chi connectivity index (χ3n) is 5.50. The molecule has 3 amide bonds. The van der Waals surface area contributed by atoms with Gasteiger partial charge in [0.25, 0.3) is 5.91 Å². The number of aromatic amines is 1. The van der Waals surface area contributed by atoms with Crippen molar-refractivity contribution in [1.82, 2.24) is 15.2 Å². The van der Waals surface area contributed by atoms with Gasteiger partial charge in [0.05, 0.1) is 0 Å². The van der Waals surface area contributed by atoms with E-state index in [2.05, 4.69) is 10.3 Å². The zero-order valence-corrected chi connectivity index (χ0v) is 17.7. The molecule has 1 aromatic heterocycles. The topological polar surface area (TPSA) is 118 Å². The summed E-state index contributed by atoms with van der Waals surface area (Å²) in [5.41, 5.74) is 6.71. The fraction of sp³-hybridized carbons (Fsp3) is 0.500. The second kappa shape index (κ2) is 8.87. The Morgan fingerprint density at radius 1 is 1.30 bits per heavy atom. The summed E-state index contributed by atoms with van der Waals surface area (Å²) in [6.45, 7) is 5.61. The number of hydrogen-bond donors (Lipinski definition) is 3. The molecule has 30 heavy (non-hydrogen) atoms. The summed E-state index contributed by atoms with van der Waals surface area (Å²) in [4.78, 5) is 42.9. The van der Waals surface area contributed by atoms with E-state index in [0.29, 0.717) is 12.8 Å². The van der Waals surface area contributed by atoms with Gasteiger partial charge in [0, 0.05) is 30.1 Å². The van der Waals surface area contributed by atoms with Gasteiger partial charge in [-0.2, -0.15) is 0 Å². The number of urea groups is 1. The molecular formula is C22H30N4O4. The molecule has 2 aromatic rings. The van der Waals surface area contributed by atoms with Gasteiger partial charge in [-0.3, -0.25) is 15.0 Å². The Hall–Kier alpha value is -2.87. The standard InChI is InChI=1S/C22H30N4O4/c1-4-5-10-17(20(28)30-22(2,3)13-23)26-18(19(27)25-21(26)29)11-14-12-24-16-9-7-6-8-15(14)16/h6-9,12,17-18,24H,4-5,10-11,13,23H2,1-3H3,(H,25,27,29). The van der Waals surface area contributed by atoms with Crippen LogP contribution in [0, 0.1) is 0 Å². The number of hydrogen-bond acceptors (Lipinski definition) is 5. The third kappa shape index (κ3) is 4.48. The highest BCUT2D eigenvalue weighted by Gasteiger charge is 2.46. The molecule has 8 heteroatoms. The number of ether oxygens (including phenoxy) is 1. The lowest BCUT2D eigenvalue weighted by Gasteiger charge is -2.32. The summed E-state index contributed by atoms with van der Waals surface area (Å²) in [6, 6.07) is 5.57. The van der Waals surface area contributed by atoms with Gasteiger partial charge in [0.2, 0.25) is 0 Å². The summed E-state index contributed by atoms with van der Waals surface area (Å²) in [6.07, 6.45) is 4.13. The number of nitrogens with zero attached hydrogens (tertiary/aromatic N) is 1. The van der Waals surface area contributed by atoms with E-state index >= 15 is 0 Å². The number of rotatable bonds is 9. The fourth-order valence-electron chi connectivity index (χ4n) is 3.73. The Labute approximate surface area is 176 Å². The minimum Gasteiger partial charge on any atom is -0.457 e. The van der Waals surface area contributed by atoms with Gasteiger partial charge in [0.15, 0.2) is 0 Å². The lowest BCUT2D eigenvalue weighted by Crippen LogP contribution is -2.51. The number of H-pyrrole nitrogens is 1. The highest BCUT2D eigenvalue weighted by Crippen LogP contribution is 2.26. The number of nitrogens with two attached hydrogens (primary N) is 1. The molecule has 2 atom stereocenters. The van der Waals surface area contributed by atoms with Crippen LogP contribution in [0.25, 0.3) is 10.9 Å². The summed E-state index contributed by atoms with van der Waals surface area (Å²) in [5, 5.41) is 3.36. The summed E-state index contributed by atoms with van der Waals surface area (Å²) < 4.78 is 5.59. The predicted octanol–water partition coefficient (Wildman–Crippen LogP) is 2.47. The number of carbonyl (C=O) groups is 3. The van der Waals surface area contributed by atoms with Crippen molar-refractivity contribution in [3.63, 3.8) is 0 Å². The first-order chi connectivity index (χ1) is 14.3. The molecule has 1 aliphatic rings. The second-order valence-corrected chi connectivity index (χ2v) is 8.32. The Morgan fingerprint density at radius 2 is 2.03 bits per heavy atom. The average molecular weight is 415 g/mol. The number of amides is 3. The van der Waals surface area contributed by atoms with E-state index in [1.54, 1.807) is 13.8 Å². The molecule has 4 N–H and O–H groups in total. The molecule has 0 radical (unpaired) electrons.